The number of benzene rings is 1. The van der Waals surface area contributed by atoms with Crippen LogP contribution in [0.25, 0.3) is 11.0 Å². The number of aromatic nitrogens is 2. The van der Waals surface area contributed by atoms with E-state index in [0.717, 1.165) is 29.7 Å². The van der Waals surface area contributed by atoms with Crippen molar-refractivity contribution in [1.29, 1.82) is 0 Å². The smallest absolute Gasteiger partial charge is 0.124 e. The van der Waals surface area contributed by atoms with Gasteiger partial charge in [0.2, 0.25) is 0 Å². The van der Waals surface area contributed by atoms with E-state index in [2.05, 4.69) is 41.6 Å². The predicted molar refractivity (Wildman–Crippen MR) is 71.3 cm³/mol. The summed E-state index contributed by atoms with van der Waals surface area (Å²) < 4.78 is 2.31. The molecule has 3 rings (SSSR count). The molecule has 0 amide bonds. The standard InChI is InChI=1S/C14H17ClN2/c1-9-4-3-5-12-14(9)16-13(7-15)17(12)8-11-6-10(11)2/h3-5,10-11H,6-8H2,1-2H3. The lowest BCUT2D eigenvalue weighted by Gasteiger charge is -2.06. The summed E-state index contributed by atoms with van der Waals surface area (Å²) in [5.41, 5.74) is 3.58. The van der Waals surface area contributed by atoms with Crippen LogP contribution in [0.2, 0.25) is 0 Å². The molecule has 2 atom stereocenters. The van der Waals surface area contributed by atoms with Gasteiger partial charge in [0.25, 0.3) is 0 Å². The molecule has 1 heterocycles. The minimum Gasteiger partial charge on any atom is -0.327 e. The summed E-state index contributed by atoms with van der Waals surface area (Å²) >= 11 is 6.01. The number of halogens is 1. The van der Waals surface area contributed by atoms with Gasteiger partial charge in [0.05, 0.1) is 16.9 Å². The molecule has 0 N–H and O–H groups in total. The average molecular weight is 249 g/mol. The Morgan fingerprint density at radius 3 is 2.88 bits per heavy atom. The number of imidazole rings is 1. The topological polar surface area (TPSA) is 17.8 Å². The van der Waals surface area contributed by atoms with Crippen LogP contribution in [-0.4, -0.2) is 9.55 Å². The van der Waals surface area contributed by atoms with Gasteiger partial charge in [-0.05, 0) is 36.8 Å². The molecule has 0 saturated heterocycles. The molecule has 3 heteroatoms. The Labute approximate surface area is 107 Å². The monoisotopic (exact) mass is 248 g/mol. The van der Waals surface area contributed by atoms with Gasteiger partial charge in [-0.2, -0.15) is 0 Å². The van der Waals surface area contributed by atoms with Crippen molar-refractivity contribution in [3.05, 3.63) is 29.6 Å². The first kappa shape index (κ1) is 11.1. The molecule has 1 saturated carbocycles. The fourth-order valence-corrected chi connectivity index (χ4v) is 2.73. The van der Waals surface area contributed by atoms with Crippen molar-refractivity contribution in [2.45, 2.75) is 32.7 Å². The maximum Gasteiger partial charge on any atom is 0.124 e. The third-order valence-electron chi connectivity index (χ3n) is 3.87. The van der Waals surface area contributed by atoms with Crippen molar-refractivity contribution in [1.82, 2.24) is 9.55 Å². The lowest BCUT2D eigenvalue weighted by Crippen LogP contribution is -2.04. The Morgan fingerprint density at radius 2 is 2.24 bits per heavy atom. The average Bonchev–Trinajstić information content (AvgIpc) is 2.88. The van der Waals surface area contributed by atoms with Crippen molar-refractivity contribution < 1.29 is 0 Å². The van der Waals surface area contributed by atoms with Crippen molar-refractivity contribution in [2.24, 2.45) is 11.8 Å². The lowest BCUT2D eigenvalue weighted by molar-refractivity contribution is 0.591. The number of alkyl halides is 1. The van der Waals surface area contributed by atoms with Gasteiger partial charge in [-0.15, -0.1) is 11.6 Å². The van der Waals surface area contributed by atoms with Crippen LogP contribution in [0.4, 0.5) is 0 Å². The van der Waals surface area contributed by atoms with Gasteiger partial charge in [-0.3, -0.25) is 0 Å². The number of hydrogen-bond donors (Lipinski definition) is 0. The Morgan fingerprint density at radius 1 is 1.47 bits per heavy atom. The molecule has 17 heavy (non-hydrogen) atoms. The zero-order chi connectivity index (χ0) is 12.0. The number of nitrogens with zero attached hydrogens (tertiary/aromatic N) is 2. The Hall–Kier alpha value is -1.02. The highest BCUT2D eigenvalue weighted by Crippen LogP contribution is 2.40. The molecule has 0 bridgehead atoms. The highest BCUT2D eigenvalue weighted by atomic mass is 35.5. The van der Waals surface area contributed by atoms with Crippen LogP contribution in [0.1, 0.15) is 24.7 Å². The van der Waals surface area contributed by atoms with Gasteiger partial charge in [-0.25, -0.2) is 4.98 Å². The number of fused-ring (bicyclic) bond motifs is 1. The minimum atomic E-state index is 0.495. The number of hydrogen-bond acceptors (Lipinski definition) is 1. The van der Waals surface area contributed by atoms with Crippen molar-refractivity contribution in [2.75, 3.05) is 0 Å². The zero-order valence-electron chi connectivity index (χ0n) is 10.3. The zero-order valence-corrected chi connectivity index (χ0v) is 11.0. The molecule has 1 aliphatic carbocycles. The normalized spacial score (nSPS) is 23.2. The molecular weight excluding hydrogens is 232 g/mol. The predicted octanol–water partition coefficient (Wildman–Crippen LogP) is 3.74. The molecular formula is C14H17ClN2. The van der Waals surface area contributed by atoms with E-state index in [9.17, 15) is 0 Å². The van der Waals surface area contributed by atoms with Crippen LogP contribution in [0.5, 0.6) is 0 Å². The molecule has 0 radical (unpaired) electrons. The second-order valence-corrected chi connectivity index (χ2v) is 5.46. The summed E-state index contributed by atoms with van der Waals surface area (Å²) in [5, 5.41) is 0. The van der Waals surface area contributed by atoms with E-state index in [1.54, 1.807) is 0 Å². The second kappa shape index (κ2) is 4.02. The molecule has 1 fully saturated rings. The molecule has 2 aromatic rings. The van der Waals surface area contributed by atoms with Crippen LogP contribution in [0.3, 0.4) is 0 Å². The maximum absolute atomic E-state index is 6.01. The first-order chi connectivity index (χ1) is 8.20. The summed E-state index contributed by atoms with van der Waals surface area (Å²) in [7, 11) is 0. The van der Waals surface area contributed by atoms with Crippen LogP contribution >= 0.6 is 11.6 Å². The molecule has 0 spiro atoms. The number of aryl methyl sites for hydroxylation is 1. The van der Waals surface area contributed by atoms with Crippen LogP contribution < -0.4 is 0 Å². The first-order valence-electron chi connectivity index (χ1n) is 6.21. The van der Waals surface area contributed by atoms with E-state index in [1.807, 2.05) is 0 Å². The van der Waals surface area contributed by atoms with Crippen LogP contribution in [0.15, 0.2) is 18.2 Å². The van der Waals surface area contributed by atoms with E-state index >= 15 is 0 Å². The van der Waals surface area contributed by atoms with E-state index < -0.39 is 0 Å². The molecule has 1 aromatic heterocycles. The highest BCUT2D eigenvalue weighted by Gasteiger charge is 2.33. The van der Waals surface area contributed by atoms with E-state index in [-0.39, 0.29) is 0 Å². The van der Waals surface area contributed by atoms with Gasteiger partial charge < -0.3 is 4.57 Å². The highest BCUT2D eigenvalue weighted by molar-refractivity contribution is 6.16. The second-order valence-electron chi connectivity index (χ2n) is 5.19. The lowest BCUT2D eigenvalue weighted by atomic mass is 10.2. The quantitative estimate of drug-likeness (QED) is 0.757. The van der Waals surface area contributed by atoms with Gasteiger partial charge in [0.15, 0.2) is 0 Å². The fourth-order valence-electron chi connectivity index (χ4n) is 2.53. The molecule has 2 unspecified atom stereocenters. The van der Waals surface area contributed by atoms with E-state index in [1.165, 1.54) is 17.5 Å². The Bertz CT molecular complexity index is 559. The molecule has 0 aliphatic heterocycles. The largest absolute Gasteiger partial charge is 0.327 e. The van der Waals surface area contributed by atoms with Gasteiger partial charge in [0.1, 0.15) is 5.82 Å². The van der Waals surface area contributed by atoms with Gasteiger partial charge >= 0.3 is 0 Å². The van der Waals surface area contributed by atoms with Gasteiger partial charge in [0, 0.05) is 6.54 Å². The molecule has 1 aliphatic rings. The Kier molecular flexibility index (Phi) is 2.62. The van der Waals surface area contributed by atoms with Crippen molar-refractivity contribution >= 4 is 22.6 Å². The third kappa shape index (κ3) is 1.85. The van der Waals surface area contributed by atoms with Crippen molar-refractivity contribution in [3.63, 3.8) is 0 Å². The molecule has 90 valence electrons. The Balaban J connectivity index is 2.10. The summed E-state index contributed by atoms with van der Waals surface area (Å²) in [6.07, 6.45) is 1.34. The minimum absolute atomic E-state index is 0.495. The summed E-state index contributed by atoms with van der Waals surface area (Å²) in [4.78, 5) is 4.67. The summed E-state index contributed by atoms with van der Waals surface area (Å²) in [6, 6.07) is 6.36. The maximum atomic E-state index is 6.01. The fraction of sp³-hybridized carbons (Fsp3) is 0.500. The summed E-state index contributed by atoms with van der Waals surface area (Å²) in [5.74, 6) is 3.18. The van der Waals surface area contributed by atoms with Crippen LogP contribution in [-0.2, 0) is 12.4 Å². The van der Waals surface area contributed by atoms with E-state index in [4.69, 9.17) is 11.6 Å². The first-order valence-corrected chi connectivity index (χ1v) is 6.75. The van der Waals surface area contributed by atoms with E-state index in [0.29, 0.717) is 5.88 Å². The van der Waals surface area contributed by atoms with Crippen molar-refractivity contribution in [3.8, 4) is 0 Å². The molecule has 1 aromatic carbocycles. The summed E-state index contributed by atoms with van der Waals surface area (Å²) in [6.45, 7) is 5.50. The number of para-hydroxylation sites is 1. The van der Waals surface area contributed by atoms with Gasteiger partial charge in [-0.1, -0.05) is 19.1 Å². The number of rotatable bonds is 3. The SMILES string of the molecule is Cc1cccc2c1nc(CCl)n2CC1CC1C. The third-order valence-corrected chi connectivity index (χ3v) is 4.11. The molecule has 2 nitrogen and oxygen atoms in total. The van der Waals surface area contributed by atoms with Crippen LogP contribution in [0, 0.1) is 18.8 Å².